The van der Waals surface area contributed by atoms with E-state index in [1.54, 1.807) is 0 Å². The largest absolute Gasteiger partial charge is 0.376 e. The standard InChI is InChI=1S/C22H28N4O4S2/c27-19(23-11-15-5-3-9-29-15)13-31-21-22(26-18-8-2-1-7-17(18)25-21)32-14-20(28)24-12-16-6-4-10-30-16/h1-2,7-8,15-16H,3-6,9-14H2,(H,23,27)(H,24,28)/t15-,16-/m0/s1. The maximum Gasteiger partial charge on any atom is 0.230 e. The van der Waals surface area contributed by atoms with Gasteiger partial charge in [-0.3, -0.25) is 9.59 Å². The molecule has 0 bridgehead atoms. The van der Waals surface area contributed by atoms with Gasteiger partial charge in [0.05, 0.1) is 34.7 Å². The molecule has 32 heavy (non-hydrogen) atoms. The van der Waals surface area contributed by atoms with Crippen molar-refractivity contribution >= 4 is 46.4 Å². The van der Waals surface area contributed by atoms with Crippen LogP contribution in [0.2, 0.25) is 0 Å². The normalized spacial score (nSPS) is 20.5. The molecule has 2 saturated heterocycles. The van der Waals surface area contributed by atoms with Crippen molar-refractivity contribution in [3.8, 4) is 0 Å². The van der Waals surface area contributed by atoms with Gasteiger partial charge in [-0.25, -0.2) is 9.97 Å². The van der Waals surface area contributed by atoms with E-state index in [4.69, 9.17) is 19.4 Å². The number of fused-ring (bicyclic) bond motifs is 1. The Balaban J connectivity index is 1.33. The molecule has 8 nitrogen and oxygen atoms in total. The van der Waals surface area contributed by atoms with Gasteiger partial charge in [-0.05, 0) is 37.8 Å². The number of carbonyl (C=O) groups excluding carboxylic acids is 2. The minimum atomic E-state index is -0.0642. The number of benzene rings is 1. The Morgan fingerprint density at radius 2 is 1.31 bits per heavy atom. The van der Waals surface area contributed by atoms with E-state index < -0.39 is 0 Å². The lowest BCUT2D eigenvalue weighted by atomic mass is 10.2. The van der Waals surface area contributed by atoms with E-state index in [1.807, 2.05) is 24.3 Å². The van der Waals surface area contributed by atoms with Gasteiger partial charge in [0, 0.05) is 26.3 Å². The SMILES string of the molecule is O=C(CSc1nc2ccccc2nc1SCC(=O)NC[C@@H]1CCCO1)NC[C@@H]1CCCO1. The third-order valence-electron chi connectivity index (χ3n) is 5.29. The Bertz CT molecular complexity index is 859. The number of hydrogen-bond donors (Lipinski definition) is 2. The molecule has 2 aliphatic heterocycles. The lowest BCUT2D eigenvalue weighted by molar-refractivity contribution is -0.119. The number of hydrogen-bond acceptors (Lipinski definition) is 8. The van der Waals surface area contributed by atoms with E-state index in [0.29, 0.717) is 23.1 Å². The molecule has 3 heterocycles. The van der Waals surface area contributed by atoms with Gasteiger partial charge in [0.2, 0.25) is 11.8 Å². The number of rotatable bonds is 10. The third kappa shape index (κ3) is 6.81. The second kappa shape index (κ2) is 11.8. The van der Waals surface area contributed by atoms with Crippen molar-refractivity contribution in [3.05, 3.63) is 24.3 Å². The minimum Gasteiger partial charge on any atom is -0.376 e. The highest BCUT2D eigenvalue weighted by atomic mass is 32.2. The van der Waals surface area contributed by atoms with E-state index in [-0.39, 0.29) is 35.5 Å². The van der Waals surface area contributed by atoms with Gasteiger partial charge in [-0.15, -0.1) is 0 Å². The summed E-state index contributed by atoms with van der Waals surface area (Å²) in [5.41, 5.74) is 1.53. The van der Waals surface area contributed by atoms with Crippen LogP contribution in [0.1, 0.15) is 25.7 Å². The Labute approximate surface area is 196 Å². The zero-order chi connectivity index (χ0) is 22.2. The van der Waals surface area contributed by atoms with Crippen LogP contribution in [0, 0.1) is 0 Å². The Hall–Kier alpha value is -1.88. The molecule has 2 atom stereocenters. The molecule has 0 unspecified atom stereocenters. The molecule has 10 heteroatoms. The van der Waals surface area contributed by atoms with Crippen molar-refractivity contribution < 1.29 is 19.1 Å². The van der Waals surface area contributed by atoms with Crippen LogP contribution in [0.4, 0.5) is 0 Å². The first-order valence-corrected chi connectivity index (χ1v) is 12.9. The number of aromatic nitrogens is 2. The Morgan fingerprint density at radius 1 is 0.844 bits per heavy atom. The molecule has 172 valence electrons. The average molecular weight is 477 g/mol. The lowest BCUT2D eigenvalue weighted by Crippen LogP contribution is -2.33. The molecular formula is C22H28N4O4S2. The van der Waals surface area contributed by atoms with Crippen molar-refractivity contribution in [1.82, 2.24) is 20.6 Å². The first-order valence-electron chi connectivity index (χ1n) is 11.0. The zero-order valence-electron chi connectivity index (χ0n) is 17.9. The molecule has 1 aromatic heterocycles. The predicted octanol–water partition coefficient (Wildman–Crippen LogP) is 2.40. The first kappa shape index (κ1) is 23.3. The first-order chi connectivity index (χ1) is 15.7. The molecule has 2 aromatic rings. The van der Waals surface area contributed by atoms with Crippen LogP contribution in [-0.2, 0) is 19.1 Å². The molecule has 1 aromatic carbocycles. The van der Waals surface area contributed by atoms with Crippen LogP contribution < -0.4 is 10.6 Å². The summed E-state index contributed by atoms with van der Waals surface area (Å²) in [6.45, 7) is 2.61. The molecule has 2 fully saturated rings. The van der Waals surface area contributed by atoms with Crippen LogP contribution in [0.25, 0.3) is 11.0 Å². The quantitative estimate of drug-likeness (QED) is 0.504. The van der Waals surface area contributed by atoms with E-state index >= 15 is 0 Å². The number of carbonyl (C=O) groups is 2. The molecule has 2 amide bonds. The van der Waals surface area contributed by atoms with Crippen molar-refractivity contribution in [2.75, 3.05) is 37.8 Å². The number of para-hydroxylation sites is 2. The highest BCUT2D eigenvalue weighted by Crippen LogP contribution is 2.29. The maximum atomic E-state index is 12.3. The number of nitrogens with one attached hydrogen (secondary N) is 2. The predicted molar refractivity (Wildman–Crippen MR) is 125 cm³/mol. The fraction of sp³-hybridized carbons (Fsp3) is 0.545. The molecule has 4 rings (SSSR count). The fourth-order valence-electron chi connectivity index (χ4n) is 3.59. The van der Waals surface area contributed by atoms with Gasteiger partial charge in [0.1, 0.15) is 10.1 Å². The second-order valence-electron chi connectivity index (χ2n) is 7.78. The molecule has 0 radical (unpaired) electrons. The average Bonchev–Trinajstić information content (AvgIpc) is 3.52. The summed E-state index contributed by atoms with van der Waals surface area (Å²) >= 11 is 2.68. The monoisotopic (exact) mass is 476 g/mol. The molecule has 2 N–H and O–H groups in total. The highest BCUT2D eigenvalue weighted by Gasteiger charge is 2.19. The molecular weight excluding hydrogens is 448 g/mol. The lowest BCUT2D eigenvalue weighted by Gasteiger charge is -2.12. The third-order valence-corrected chi connectivity index (χ3v) is 7.35. The van der Waals surface area contributed by atoms with E-state index in [0.717, 1.165) is 49.9 Å². The second-order valence-corrected chi connectivity index (χ2v) is 9.71. The molecule has 0 aliphatic carbocycles. The van der Waals surface area contributed by atoms with Gasteiger partial charge in [0.15, 0.2) is 0 Å². The number of amides is 2. The minimum absolute atomic E-state index is 0.0642. The zero-order valence-corrected chi connectivity index (χ0v) is 19.5. The van der Waals surface area contributed by atoms with Gasteiger partial charge < -0.3 is 20.1 Å². The summed E-state index contributed by atoms with van der Waals surface area (Å²) in [4.78, 5) is 34.0. The summed E-state index contributed by atoms with van der Waals surface area (Å²) in [5.74, 6) is 0.341. The highest BCUT2D eigenvalue weighted by molar-refractivity contribution is 8.02. The number of thioether (sulfide) groups is 2. The van der Waals surface area contributed by atoms with Crippen LogP contribution in [-0.4, -0.2) is 71.8 Å². The van der Waals surface area contributed by atoms with Gasteiger partial charge in [-0.1, -0.05) is 35.7 Å². The van der Waals surface area contributed by atoms with Crippen LogP contribution in [0.5, 0.6) is 0 Å². The van der Waals surface area contributed by atoms with Crippen molar-refractivity contribution in [3.63, 3.8) is 0 Å². The maximum absolute atomic E-state index is 12.3. The van der Waals surface area contributed by atoms with E-state index in [2.05, 4.69) is 10.6 Å². The van der Waals surface area contributed by atoms with Crippen LogP contribution in [0.3, 0.4) is 0 Å². The molecule has 0 spiro atoms. The van der Waals surface area contributed by atoms with Gasteiger partial charge in [0.25, 0.3) is 0 Å². The molecule has 2 aliphatic rings. The summed E-state index contributed by atoms with van der Waals surface area (Å²) in [6.07, 6.45) is 4.29. The van der Waals surface area contributed by atoms with Gasteiger partial charge >= 0.3 is 0 Å². The number of nitrogens with zero attached hydrogens (tertiary/aromatic N) is 2. The summed E-state index contributed by atoms with van der Waals surface area (Å²) < 4.78 is 11.1. The van der Waals surface area contributed by atoms with Crippen molar-refractivity contribution in [2.24, 2.45) is 0 Å². The summed E-state index contributed by atoms with van der Waals surface area (Å²) in [5, 5.41) is 7.18. The fourth-order valence-corrected chi connectivity index (χ4v) is 5.35. The number of ether oxygens (including phenoxy) is 2. The Kier molecular flexibility index (Phi) is 8.61. The van der Waals surface area contributed by atoms with Crippen LogP contribution in [0.15, 0.2) is 34.3 Å². The summed E-state index contributed by atoms with van der Waals surface area (Å²) in [7, 11) is 0. The van der Waals surface area contributed by atoms with Crippen molar-refractivity contribution in [1.29, 1.82) is 0 Å². The molecule has 0 saturated carbocycles. The van der Waals surface area contributed by atoms with E-state index in [1.165, 1.54) is 23.5 Å². The van der Waals surface area contributed by atoms with Crippen LogP contribution >= 0.6 is 23.5 Å². The Morgan fingerprint density at radius 3 is 1.72 bits per heavy atom. The summed E-state index contributed by atoms with van der Waals surface area (Å²) in [6, 6.07) is 7.61. The van der Waals surface area contributed by atoms with E-state index in [9.17, 15) is 9.59 Å². The van der Waals surface area contributed by atoms with Gasteiger partial charge in [-0.2, -0.15) is 0 Å². The van der Waals surface area contributed by atoms with Crippen molar-refractivity contribution in [2.45, 2.75) is 47.9 Å². The topological polar surface area (TPSA) is 102 Å². The smallest absolute Gasteiger partial charge is 0.230 e.